The summed E-state index contributed by atoms with van der Waals surface area (Å²) in [6.45, 7) is 1.61. The summed E-state index contributed by atoms with van der Waals surface area (Å²) >= 11 is 0. The van der Waals surface area contributed by atoms with E-state index >= 15 is 0 Å². The number of benzene rings is 2. The molecule has 2 heterocycles. The largest absolute Gasteiger partial charge is 0.495 e. The van der Waals surface area contributed by atoms with Gasteiger partial charge in [0.1, 0.15) is 19.0 Å². The minimum atomic E-state index is -3.79. The first kappa shape index (κ1) is 19.5. The summed E-state index contributed by atoms with van der Waals surface area (Å²) in [6, 6.07) is 9.84. The van der Waals surface area contributed by atoms with Crippen molar-refractivity contribution < 1.29 is 27.4 Å². The number of carbonyl (C=O) groups excluding carboxylic acids is 1. The number of sulfonamides is 1. The average molecular weight is 418 g/mol. The summed E-state index contributed by atoms with van der Waals surface area (Å²) in [5.41, 5.74) is 1.22. The number of rotatable bonds is 6. The van der Waals surface area contributed by atoms with Crippen molar-refractivity contribution in [2.24, 2.45) is 0 Å². The Balaban J connectivity index is 1.55. The van der Waals surface area contributed by atoms with E-state index in [0.29, 0.717) is 49.1 Å². The summed E-state index contributed by atoms with van der Waals surface area (Å²) in [6.07, 6.45) is 1.18. The number of nitrogens with zero attached hydrogens (tertiary/aromatic N) is 1. The molecule has 0 aliphatic carbocycles. The lowest BCUT2D eigenvalue weighted by Gasteiger charge is -2.20. The number of hydrogen-bond donors (Lipinski definition) is 1. The number of anilines is 1. The summed E-state index contributed by atoms with van der Waals surface area (Å²) in [4.78, 5) is 13.8. The van der Waals surface area contributed by atoms with E-state index in [1.165, 1.54) is 19.2 Å². The van der Waals surface area contributed by atoms with Gasteiger partial charge in [-0.2, -0.15) is 0 Å². The number of amides is 1. The molecular formula is C20H22N2O6S. The average Bonchev–Trinajstić information content (AvgIpc) is 3.17. The molecule has 2 aliphatic rings. The summed E-state index contributed by atoms with van der Waals surface area (Å²) in [5, 5.41) is 0. The minimum absolute atomic E-state index is 0.0397. The van der Waals surface area contributed by atoms with Crippen molar-refractivity contribution in [2.45, 2.75) is 24.3 Å². The van der Waals surface area contributed by atoms with E-state index in [4.69, 9.17) is 14.2 Å². The van der Waals surface area contributed by atoms with Crippen LogP contribution in [0.4, 0.5) is 5.69 Å². The van der Waals surface area contributed by atoms with Crippen LogP contribution in [0.5, 0.6) is 17.2 Å². The molecule has 154 valence electrons. The summed E-state index contributed by atoms with van der Waals surface area (Å²) in [7, 11) is -2.30. The van der Waals surface area contributed by atoms with Crippen LogP contribution in [0.15, 0.2) is 41.3 Å². The molecule has 8 nitrogen and oxygen atoms in total. The van der Waals surface area contributed by atoms with E-state index in [1.54, 1.807) is 29.2 Å². The van der Waals surface area contributed by atoms with Gasteiger partial charge in [-0.15, -0.1) is 0 Å². The van der Waals surface area contributed by atoms with Gasteiger partial charge in [-0.1, -0.05) is 6.07 Å². The van der Waals surface area contributed by atoms with E-state index in [0.717, 1.165) is 12.0 Å². The SMILES string of the molecule is COc1ccc(S(=O)(=O)NCc2ccc3c(c2)OCCO3)cc1N1CCCC1=O. The molecule has 1 fully saturated rings. The maximum absolute atomic E-state index is 12.8. The molecule has 0 bridgehead atoms. The first-order valence-electron chi connectivity index (χ1n) is 9.34. The molecule has 4 rings (SSSR count). The lowest BCUT2D eigenvalue weighted by Crippen LogP contribution is -2.26. The second kappa shape index (κ2) is 7.92. The van der Waals surface area contributed by atoms with Crippen LogP contribution in [-0.2, 0) is 21.4 Å². The third-order valence-corrected chi connectivity index (χ3v) is 6.30. The Labute approximate surface area is 169 Å². The van der Waals surface area contributed by atoms with Gasteiger partial charge in [0.15, 0.2) is 11.5 Å². The molecule has 0 radical (unpaired) electrons. The van der Waals surface area contributed by atoms with Crippen molar-refractivity contribution in [2.75, 3.05) is 31.8 Å². The second-order valence-electron chi connectivity index (χ2n) is 6.79. The molecule has 0 unspecified atom stereocenters. The number of carbonyl (C=O) groups is 1. The zero-order valence-corrected chi connectivity index (χ0v) is 16.8. The fourth-order valence-corrected chi connectivity index (χ4v) is 4.45. The second-order valence-corrected chi connectivity index (χ2v) is 8.55. The van der Waals surface area contributed by atoms with Gasteiger partial charge < -0.3 is 19.1 Å². The topological polar surface area (TPSA) is 94.2 Å². The highest BCUT2D eigenvalue weighted by molar-refractivity contribution is 7.89. The monoisotopic (exact) mass is 418 g/mol. The van der Waals surface area contributed by atoms with Crippen molar-refractivity contribution in [3.05, 3.63) is 42.0 Å². The molecule has 0 atom stereocenters. The van der Waals surface area contributed by atoms with Gasteiger partial charge in [0, 0.05) is 19.5 Å². The van der Waals surface area contributed by atoms with E-state index < -0.39 is 10.0 Å². The van der Waals surface area contributed by atoms with Crippen LogP contribution in [0.1, 0.15) is 18.4 Å². The van der Waals surface area contributed by atoms with Gasteiger partial charge in [-0.3, -0.25) is 4.79 Å². The van der Waals surface area contributed by atoms with E-state index in [2.05, 4.69) is 4.72 Å². The first-order chi connectivity index (χ1) is 14.0. The van der Waals surface area contributed by atoms with Crippen LogP contribution in [-0.4, -0.2) is 41.2 Å². The third-order valence-electron chi connectivity index (χ3n) is 4.90. The standard InChI is InChI=1S/C20H22N2O6S/c1-26-17-7-5-15(12-16(17)22-8-2-3-20(22)23)29(24,25)21-13-14-4-6-18-19(11-14)28-10-9-27-18/h4-7,11-12,21H,2-3,8-10,13H2,1H3. The maximum atomic E-state index is 12.8. The number of hydrogen-bond acceptors (Lipinski definition) is 6. The molecule has 2 aliphatic heterocycles. The highest BCUT2D eigenvalue weighted by Gasteiger charge is 2.26. The van der Waals surface area contributed by atoms with E-state index in [1.807, 2.05) is 0 Å². The van der Waals surface area contributed by atoms with Gasteiger partial charge in [-0.25, -0.2) is 13.1 Å². The van der Waals surface area contributed by atoms with Crippen LogP contribution in [0.2, 0.25) is 0 Å². The van der Waals surface area contributed by atoms with Crippen LogP contribution < -0.4 is 23.8 Å². The first-order valence-corrected chi connectivity index (χ1v) is 10.8. The Morgan fingerprint density at radius 1 is 1.10 bits per heavy atom. The Hall–Kier alpha value is -2.78. The van der Waals surface area contributed by atoms with E-state index in [9.17, 15) is 13.2 Å². The Morgan fingerprint density at radius 2 is 1.90 bits per heavy atom. The molecule has 0 aromatic heterocycles. The Bertz CT molecular complexity index is 1040. The van der Waals surface area contributed by atoms with Crippen LogP contribution in [0, 0.1) is 0 Å². The molecule has 1 saturated heterocycles. The molecule has 2 aromatic carbocycles. The number of nitrogens with one attached hydrogen (secondary N) is 1. The van der Waals surface area contributed by atoms with Gasteiger partial charge >= 0.3 is 0 Å². The molecule has 2 aromatic rings. The van der Waals surface area contributed by atoms with Crippen LogP contribution in [0.25, 0.3) is 0 Å². The molecular weight excluding hydrogens is 396 g/mol. The fourth-order valence-electron chi connectivity index (χ4n) is 3.41. The van der Waals surface area contributed by atoms with Gasteiger partial charge in [-0.05, 0) is 42.3 Å². The maximum Gasteiger partial charge on any atom is 0.240 e. The molecule has 1 amide bonds. The Morgan fingerprint density at radius 3 is 2.62 bits per heavy atom. The zero-order chi connectivity index (χ0) is 20.4. The summed E-state index contributed by atoms with van der Waals surface area (Å²) in [5.74, 6) is 1.68. The highest BCUT2D eigenvalue weighted by atomic mass is 32.2. The van der Waals surface area contributed by atoms with Crippen LogP contribution in [0.3, 0.4) is 0 Å². The molecule has 0 spiro atoms. The van der Waals surface area contributed by atoms with E-state index in [-0.39, 0.29) is 17.3 Å². The molecule has 29 heavy (non-hydrogen) atoms. The van der Waals surface area contributed by atoms with Crippen LogP contribution >= 0.6 is 0 Å². The predicted molar refractivity (Wildman–Crippen MR) is 106 cm³/mol. The zero-order valence-electron chi connectivity index (χ0n) is 16.0. The fraction of sp³-hybridized carbons (Fsp3) is 0.350. The Kier molecular flexibility index (Phi) is 5.33. The smallest absolute Gasteiger partial charge is 0.240 e. The van der Waals surface area contributed by atoms with Crippen molar-refractivity contribution >= 4 is 21.6 Å². The van der Waals surface area contributed by atoms with Crippen molar-refractivity contribution in [1.29, 1.82) is 0 Å². The van der Waals surface area contributed by atoms with Crippen molar-refractivity contribution in [3.8, 4) is 17.2 Å². The van der Waals surface area contributed by atoms with Gasteiger partial charge in [0.25, 0.3) is 0 Å². The van der Waals surface area contributed by atoms with Gasteiger partial charge in [0.2, 0.25) is 15.9 Å². The lowest BCUT2D eigenvalue weighted by molar-refractivity contribution is -0.117. The lowest BCUT2D eigenvalue weighted by atomic mass is 10.2. The summed E-state index contributed by atoms with van der Waals surface area (Å²) < 4.78 is 44.6. The highest BCUT2D eigenvalue weighted by Crippen LogP contribution is 2.34. The molecule has 1 N–H and O–H groups in total. The normalized spacial score (nSPS) is 16.2. The van der Waals surface area contributed by atoms with Crippen molar-refractivity contribution in [3.63, 3.8) is 0 Å². The predicted octanol–water partition coefficient (Wildman–Crippen LogP) is 2.07. The van der Waals surface area contributed by atoms with Gasteiger partial charge in [0.05, 0.1) is 17.7 Å². The number of ether oxygens (including phenoxy) is 3. The number of fused-ring (bicyclic) bond motifs is 1. The van der Waals surface area contributed by atoms with Crippen molar-refractivity contribution in [1.82, 2.24) is 4.72 Å². The number of methoxy groups -OCH3 is 1. The third kappa shape index (κ3) is 4.01. The quantitative estimate of drug-likeness (QED) is 0.772. The molecule has 0 saturated carbocycles. The minimum Gasteiger partial charge on any atom is -0.495 e. The molecule has 9 heteroatoms.